The van der Waals surface area contributed by atoms with Crippen molar-refractivity contribution in [2.45, 2.75) is 20.4 Å². The summed E-state index contributed by atoms with van der Waals surface area (Å²) < 4.78 is 0. The van der Waals surface area contributed by atoms with Crippen LogP contribution in [0.3, 0.4) is 0 Å². The maximum atomic E-state index is 10.8. The van der Waals surface area contributed by atoms with E-state index in [1.165, 1.54) is 22.5 Å². The minimum Gasteiger partial charge on any atom is -0.476 e. The molecule has 17 heavy (non-hydrogen) atoms. The van der Waals surface area contributed by atoms with Gasteiger partial charge in [-0.25, -0.2) is 9.78 Å². The molecule has 4 nitrogen and oxygen atoms in total. The summed E-state index contributed by atoms with van der Waals surface area (Å²) in [7, 11) is 0. The molecule has 0 aliphatic rings. The molecular formula is C11H12N2O2S2. The summed E-state index contributed by atoms with van der Waals surface area (Å²) in [5, 5.41) is 16.9. The summed E-state index contributed by atoms with van der Waals surface area (Å²) >= 11 is 3.03. The van der Waals surface area contributed by atoms with Crippen molar-refractivity contribution in [3.05, 3.63) is 32.5 Å². The van der Waals surface area contributed by atoms with Crippen LogP contribution in [0.2, 0.25) is 0 Å². The maximum Gasteiger partial charge on any atom is 0.355 e. The van der Waals surface area contributed by atoms with E-state index in [0.29, 0.717) is 11.7 Å². The van der Waals surface area contributed by atoms with Gasteiger partial charge in [0.1, 0.15) is 0 Å². The van der Waals surface area contributed by atoms with E-state index in [-0.39, 0.29) is 5.69 Å². The molecule has 0 aliphatic carbocycles. The highest BCUT2D eigenvalue weighted by molar-refractivity contribution is 7.15. The van der Waals surface area contributed by atoms with Crippen LogP contribution in [0, 0.1) is 13.8 Å². The number of anilines is 1. The number of aromatic carboxylic acids is 1. The molecule has 0 aliphatic heterocycles. The summed E-state index contributed by atoms with van der Waals surface area (Å²) in [6, 6.07) is 0. The van der Waals surface area contributed by atoms with Gasteiger partial charge in [0.25, 0.3) is 0 Å². The highest BCUT2D eigenvalue weighted by Crippen LogP contribution is 2.23. The van der Waals surface area contributed by atoms with Crippen molar-refractivity contribution in [1.29, 1.82) is 0 Å². The van der Waals surface area contributed by atoms with E-state index < -0.39 is 5.97 Å². The largest absolute Gasteiger partial charge is 0.476 e. The highest BCUT2D eigenvalue weighted by Gasteiger charge is 2.13. The lowest BCUT2D eigenvalue weighted by Gasteiger charge is -2.01. The zero-order chi connectivity index (χ0) is 12.4. The molecule has 0 saturated carbocycles. The number of carbonyl (C=O) groups is 1. The molecule has 2 aromatic heterocycles. The Bertz CT molecular complexity index is 545. The molecular weight excluding hydrogens is 256 g/mol. The van der Waals surface area contributed by atoms with Gasteiger partial charge in [-0.15, -0.1) is 11.3 Å². The van der Waals surface area contributed by atoms with Crippen molar-refractivity contribution in [2.24, 2.45) is 0 Å². The molecule has 0 amide bonds. The Kier molecular flexibility index (Phi) is 3.44. The molecule has 0 aromatic carbocycles. The Morgan fingerprint density at radius 3 is 2.76 bits per heavy atom. The lowest BCUT2D eigenvalue weighted by Crippen LogP contribution is -2.01. The molecule has 2 heterocycles. The third kappa shape index (κ3) is 2.65. The van der Waals surface area contributed by atoms with Gasteiger partial charge in [-0.1, -0.05) is 0 Å². The monoisotopic (exact) mass is 268 g/mol. The molecule has 2 aromatic rings. The molecule has 2 N–H and O–H groups in total. The van der Waals surface area contributed by atoms with Crippen LogP contribution < -0.4 is 5.32 Å². The summed E-state index contributed by atoms with van der Waals surface area (Å²) in [4.78, 5) is 15.6. The first-order chi connectivity index (χ1) is 8.08. The van der Waals surface area contributed by atoms with Crippen molar-refractivity contribution in [1.82, 2.24) is 4.98 Å². The number of aryl methyl sites for hydroxylation is 2. The molecule has 0 unspecified atom stereocenters. The van der Waals surface area contributed by atoms with E-state index in [1.54, 1.807) is 18.3 Å². The lowest BCUT2D eigenvalue weighted by atomic mass is 10.2. The van der Waals surface area contributed by atoms with Gasteiger partial charge in [0, 0.05) is 11.4 Å². The van der Waals surface area contributed by atoms with Crippen molar-refractivity contribution in [3.63, 3.8) is 0 Å². The molecule has 2 rings (SSSR count). The van der Waals surface area contributed by atoms with E-state index in [4.69, 9.17) is 5.11 Å². The van der Waals surface area contributed by atoms with E-state index in [0.717, 1.165) is 4.88 Å². The van der Waals surface area contributed by atoms with Gasteiger partial charge in [0.15, 0.2) is 10.8 Å². The summed E-state index contributed by atoms with van der Waals surface area (Å²) in [6.45, 7) is 4.51. The highest BCUT2D eigenvalue weighted by atomic mass is 32.1. The molecule has 0 radical (unpaired) electrons. The molecule has 0 atom stereocenters. The average Bonchev–Trinajstić information content (AvgIpc) is 2.82. The number of nitrogens with one attached hydrogen (secondary N) is 1. The van der Waals surface area contributed by atoms with Gasteiger partial charge in [-0.3, -0.25) is 0 Å². The van der Waals surface area contributed by atoms with E-state index >= 15 is 0 Å². The number of hydrogen-bond acceptors (Lipinski definition) is 5. The first kappa shape index (κ1) is 12.1. The fourth-order valence-electron chi connectivity index (χ4n) is 1.41. The Hall–Kier alpha value is -1.40. The van der Waals surface area contributed by atoms with Crippen LogP contribution in [0.15, 0.2) is 10.8 Å². The van der Waals surface area contributed by atoms with Crippen LogP contribution in [0.4, 0.5) is 5.13 Å². The third-order valence-electron chi connectivity index (χ3n) is 2.39. The van der Waals surface area contributed by atoms with Crippen molar-refractivity contribution in [3.8, 4) is 0 Å². The Balaban J connectivity index is 2.07. The van der Waals surface area contributed by atoms with Crippen molar-refractivity contribution >= 4 is 33.8 Å². The minimum absolute atomic E-state index is 0.138. The zero-order valence-corrected chi connectivity index (χ0v) is 11.1. The molecule has 6 heteroatoms. The lowest BCUT2D eigenvalue weighted by molar-refractivity contribution is 0.0690. The molecule has 90 valence electrons. The quantitative estimate of drug-likeness (QED) is 0.894. The van der Waals surface area contributed by atoms with Gasteiger partial charge in [0.05, 0.1) is 0 Å². The second kappa shape index (κ2) is 4.85. The first-order valence-corrected chi connectivity index (χ1v) is 6.80. The predicted octanol–water partition coefficient (Wildman–Crippen LogP) is 3.13. The average molecular weight is 268 g/mol. The number of thiazole rings is 1. The number of carboxylic acid groups (broad SMARTS) is 1. The SMILES string of the molecule is Cc1cscc1CNc1nc(C(=O)O)c(C)s1. The van der Waals surface area contributed by atoms with Crippen molar-refractivity contribution < 1.29 is 9.90 Å². The van der Waals surface area contributed by atoms with Gasteiger partial charge in [-0.05, 0) is 35.7 Å². The fourth-order valence-corrected chi connectivity index (χ4v) is 3.07. The van der Waals surface area contributed by atoms with Gasteiger partial charge in [-0.2, -0.15) is 11.3 Å². The Morgan fingerprint density at radius 2 is 2.24 bits per heavy atom. The van der Waals surface area contributed by atoms with Crippen LogP contribution >= 0.6 is 22.7 Å². The summed E-state index contributed by atoms with van der Waals surface area (Å²) in [5.41, 5.74) is 2.61. The smallest absolute Gasteiger partial charge is 0.355 e. The Labute approximate surface area is 107 Å². The molecule has 0 bridgehead atoms. The number of thiophene rings is 1. The molecule has 0 saturated heterocycles. The topological polar surface area (TPSA) is 62.2 Å². The van der Waals surface area contributed by atoms with Crippen LogP contribution in [0.25, 0.3) is 0 Å². The van der Waals surface area contributed by atoms with Crippen LogP contribution in [-0.4, -0.2) is 16.1 Å². The minimum atomic E-state index is -0.974. The predicted molar refractivity (Wildman–Crippen MR) is 70.2 cm³/mol. The number of nitrogens with zero attached hydrogens (tertiary/aromatic N) is 1. The summed E-state index contributed by atoms with van der Waals surface area (Å²) in [6.07, 6.45) is 0. The van der Waals surface area contributed by atoms with Crippen LogP contribution in [0.1, 0.15) is 26.5 Å². The van der Waals surface area contributed by atoms with Crippen LogP contribution in [-0.2, 0) is 6.54 Å². The normalized spacial score (nSPS) is 10.5. The summed E-state index contributed by atoms with van der Waals surface area (Å²) in [5.74, 6) is -0.974. The zero-order valence-electron chi connectivity index (χ0n) is 9.48. The van der Waals surface area contributed by atoms with E-state index in [1.807, 2.05) is 0 Å². The maximum absolute atomic E-state index is 10.8. The van der Waals surface area contributed by atoms with Crippen LogP contribution in [0.5, 0.6) is 0 Å². The standard InChI is InChI=1S/C11H12N2O2S2/c1-6-4-16-5-8(6)3-12-11-13-9(10(14)15)7(2)17-11/h4-5H,3H2,1-2H3,(H,12,13)(H,14,15). The number of carboxylic acids is 1. The van der Waals surface area contributed by atoms with Gasteiger partial charge < -0.3 is 10.4 Å². The molecule has 0 spiro atoms. The third-order valence-corrected chi connectivity index (χ3v) is 4.23. The van der Waals surface area contributed by atoms with E-state index in [2.05, 4.69) is 28.0 Å². The van der Waals surface area contributed by atoms with Gasteiger partial charge in [0.2, 0.25) is 0 Å². The fraction of sp³-hybridized carbons (Fsp3) is 0.273. The number of rotatable bonds is 4. The second-order valence-corrected chi connectivity index (χ2v) is 5.61. The molecule has 0 fully saturated rings. The van der Waals surface area contributed by atoms with E-state index in [9.17, 15) is 4.79 Å². The Morgan fingerprint density at radius 1 is 1.47 bits per heavy atom. The number of aromatic nitrogens is 1. The second-order valence-electron chi connectivity index (χ2n) is 3.66. The first-order valence-electron chi connectivity index (χ1n) is 5.04. The van der Waals surface area contributed by atoms with Gasteiger partial charge >= 0.3 is 5.97 Å². The number of hydrogen-bond donors (Lipinski definition) is 2. The van der Waals surface area contributed by atoms with Crippen molar-refractivity contribution in [2.75, 3.05) is 5.32 Å².